The van der Waals surface area contributed by atoms with E-state index in [2.05, 4.69) is 25.2 Å². The number of nitriles is 1. The largest absolute Gasteiger partial charge is 0.310 e. The normalized spacial score (nSPS) is 22.4. The van der Waals surface area contributed by atoms with Gasteiger partial charge in [-0.25, -0.2) is 0 Å². The number of hydrogen-bond acceptors (Lipinski definition) is 2. The van der Waals surface area contributed by atoms with E-state index >= 15 is 0 Å². The maximum absolute atomic E-state index is 8.47. The number of nitrogens with one attached hydrogen (secondary N) is 1. The minimum absolute atomic E-state index is 0.352. The van der Waals surface area contributed by atoms with Crippen LogP contribution in [0.3, 0.4) is 0 Å². The van der Waals surface area contributed by atoms with Crippen molar-refractivity contribution in [2.45, 2.75) is 51.6 Å². The van der Waals surface area contributed by atoms with Gasteiger partial charge in [0.2, 0.25) is 0 Å². The summed E-state index contributed by atoms with van der Waals surface area (Å²) < 4.78 is 0. The lowest BCUT2D eigenvalue weighted by Crippen LogP contribution is -2.41. The van der Waals surface area contributed by atoms with Gasteiger partial charge in [-0.2, -0.15) is 5.26 Å². The van der Waals surface area contributed by atoms with E-state index in [1.807, 2.05) is 0 Å². The SMILES string of the molecule is CC(CC#N)NC(C)C1CCC1. The highest BCUT2D eigenvalue weighted by molar-refractivity contribution is 4.84. The molecule has 1 fully saturated rings. The highest BCUT2D eigenvalue weighted by Crippen LogP contribution is 2.29. The Morgan fingerprint density at radius 3 is 2.58 bits per heavy atom. The summed E-state index contributed by atoms with van der Waals surface area (Å²) >= 11 is 0. The Balaban J connectivity index is 2.16. The molecule has 1 saturated carbocycles. The van der Waals surface area contributed by atoms with Crippen molar-refractivity contribution in [2.24, 2.45) is 5.92 Å². The molecule has 1 N–H and O–H groups in total. The van der Waals surface area contributed by atoms with Crippen LogP contribution < -0.4 is 5.32 Å². The van der Waals surface area contributed by atoms with Gasteiger partial charge in [0.25, 0.3) is 0 Å². The van der Waals surface area contributed by atoms with E-state index in [0.717, 1.165) is 5.92 Å². The maximum atomic E-state index is 8.47. The fourth-order valence-corrected chi connectivity index (χ4v) is 1.72. The zero-order valence-corrected chi connectivity index (χ0v) is 8.01. The van der Waals surface area contributed by atoms with Gasteiger partial charge in [-0.3, -0.25) is 0 Å². The summed E-state index contributed by atoms with van der Waals surface area (Å²) in [6, 6.07) is 3.14. The van der Waals surface area contributed by atoms with E-state index in [0.29, 0.717) is 18.5 Å². The topological polar surface area (TPSA) is 35.8 Å². The monoisotopic (exact) mass is 166 g/mol. The molecule has 0 aliphatic heterocycles. The summed E-state index contributed by atoms with van der Waals surface area (Å²) in [4.78, 5) is 0. The van der Waals surface area contributed by atoms with Crippen molar-refractivity contribution in [2.75, 3.05) is 0 Å². The van der Waals surface area contributed by atoms with Crippen molar-refractivity contribution >= 4 is 0 Å². The molecule has 0 aromatic heterocycles. The average Bonchev–Trinajstić information content (AvgIpc) is 1.82. The lowest BCUT2D eigenvalue weighted by atomic mass is 9.80. The molecule has 1 aliphatic rings. The van der Waals surface area contributed by atoms with Crippen molar-refractivity contribution in [1.29, 1.82) is 5.26 Å². The molecule has 12 heavy (non-hydrogen) atoms. The van der Waals surface area contributed by atoms with Crippen LogP contribution >= 0.6 is 0 Å². The number of nitrogens with zero attached hydrogens (tertiary/aromatic N) is 1. The van der Waals surface area contributed by atoms with Gasteiger partial charge in [-0.1, -0.05) is 6.42 Å². The van der Waals surface area contributed by atoms with Gasteiger partial charge in [-0.05, 0) is 32.6 Å². The highest BCUT2D eigenvalue weighted by Gasteiger charge is 2.24. The molecule has 1 rings (SSSR count). The first kappa shape index (κ1) is 9.54. The molecule has 2 heteroatoms. The molecule has 0 saturated heterocycles. The summed E-state index contributed by atoms with van der Waals surface area (Å²) in [5, 5.41) is 11.9. The molecule has 0 radical (unpaired) electrons. The van der Waals surface area contributed by atoms with E-state index in [1.165, 1.54) is 19.3 Å². The van der Waals surface area contributed by atoms with Crippen LogP contribution in [-0.2, 0) is 0 Å². The Morgan fingerprint density at radius 1 is 1.50 bits per heavy atom. The predicted molar refractivity (Wildman–Crippen MR) is 49.6 cm³/mol. The summed E-state index contributed by atoms with van der Waals surface area (Å²) in [5.41, 5.74) is 0. The Hall–Kier alpha value is -0.550. The van der Waals surface area contributed by atoms with E-state index in [1.54, 1.807) is 0 Å². The maximum Gasteiger partial charge on any atom is 0.0638 e. The average molecular weight is 166 g/mol. The van der Waals surface area contributed by atoms with Crippen LogP contribution in [0.5, 0.6) is 0 Å². The molecule has 0 spiro atoms. The van der Waals surface area contributed by atoms with Crippen LogP contribution in [0.25, 0.3) is 0 Å². The quantitative estimate of drug-likeness (QED) is 0.694. The molecule has 0 aromatic carbocycles. The Kier molecular flexibility index (Phi) is 3.55. The number of hydrogen-bond donors (Lipinski definition) is 1. The Labute approximate surface area is 75.0 Å². The van der Waals surface area contributed by atoms with Crippen LogP contribution in [0.15, 0.2) is 0 Å². The van der Waals surface area contributed by atoms with Gasteiger partial charge in [0.15, 0.2) is 0 Å². The number of rotatable bonds is 4. The third kappa shape index (κ3) is 2.49. The molecule has 0 amide bonds. The highest BCUT2D eigenvalue weighted by atomic mass is 14.9. The minimum atomic E-state index is 0.352. The van der Waals surface area contributed by atoms with Crippen molar-refractivity contribution in [3.05, 3.63) is 0 Å². The Bertz CT molecular complexity index is 167. The minimum Gasteiger partial charge on any atom is -0.310 e. The van der Waals surface area contributed by atoms with Gasteiger partial charge in [-0.15, -0.1) is 0 Å². The van der Waals surface area contributed by atoms with Crippen LogP contribution in [-0.4, -0.2) is 12.1 Å². The first-order valence-corrected chi connectivity index (χ1v) is 4.87. The van der Waals surface area contributed by atoms with Crippen molar-refractivity contribution in [1.82, 2.24) is 5.32 Å². The third-order valence-corrected chi connectivity index (χ3v) is 2.80. The third-order valence-electron chi connectivity index (χ3n) is 2.80. The molecule has 1 aliphatic carbocycles. The van der Waals surface area contributed by atoms with Crippen molar-refractivity contribution in [3.63, 3.8) is 0 Å². The van der Waals surface area contributed by atoms with Crippen LogP contribution in [0.2, 0.25) is 0 Å². The first-order valence-electron chi connectivity index (χ1n) is 4.87. The fraction of sp³-hybridized carbons (Fsp3) is 0.900. The second kappa shape index (κ2) is 4.47. The zero-order chi connectivity index (χ0) is 8.97. The lowest BCUT2D eigenvalue weighted by molar-refractivity contribution is 0.230. The van der Waals surface area contributed by atoms with Gasteiger partial charge in [0.05, 0.1) is 12.5 Å². The fourth-order valence-electron chi connectivity index (χ4n) is 1.72. The van der Waals surface area contributed by atoms with E-state index in [-0.39, 0.29) is 0 Å². The van der Waals surface area contributed by atoms with Gasteiger partial charge in [0.1, 0.15) is 0 Å². The van der Waals surface area contributed by atoms with Gasteiger partial charge >= 0.3 is 0 Å². The standard InChI is InChI=1S/C10H18N2/c1-8(6-7-11)12-9(2)10-4-3-5-10/h8-10,12H,3-6H2,1-2H3. The zero-order valence-electron chi connectivity index (χ0n) is 8.01. The molecule has 0 bridgehead atoms. The smallest absolute Gasteiger partial charge is 0.0638 e. The van der Waals surface area contributed by atoms with Crippen molar-refractivity contribution in [3.8, 4) is 6.07 Å². The molecular formula is C10H18N2. The van der Waals surface area contributed by atoms with E-state index in [4.69, 9.17) is 5.26 Å². The van der Waals surface area contributed by atoms with E-state index < -0.39 is 0 Å². The molecule has 0 aromatic rings. The van der Waals surface area contributed by atoms with Crippen LogP contribution in [0, 0.1) is 17.2 Å². The summed E-state index contributed by atoms with van der Waals surface area (Å²) in [7, 11) is 0. The van der Waals surface area contributed by atoms with Gasteiger partial charge < -0.3 is 5.32 Å². The van der Waals surface area contributed by atoms with E-state index in [9.17, 15) is 0 Å². The predicted octanol–water partition coefficient (Wildman–Crippen LogP) is 2.07. The first-order chi connectivity index (χ1) is 5.74. The second-order valence-corrected chi connectivity index (χ2v) is 3.91. The molecule has 2 atom stereocenters. The van der Waals surface area contributed by atoms with Crippen LogP contribution in [0.1, 0.15) is 39.5 Å². The summed E-state index contributed by atoms with van der Waals surface area (Å²) in [5.74, 6) is 0.867. The molecule has 2 nitrogen and oxygen atoms in total. The van der Waals surface area contributed by atoms with Crippen molar-refractivity contribution < 1.29 is 0 Å². The molecule has 2 unspecified atom stereocenters. The van der Waals surface area contributed by atoms with Gasteiger partial charge in [0, 0.05) is 12.1 Å². The summed E-state index contributed by atoms with van der Waals surface area (Å²) in [6.07, 6.45) is 4.75. The molecular weight excluding hydrogens is 148 g/mol. The molecule has 0 heterocycles. The second-order valence-electron chi connectivity index (χ2n) is 3.91. The van der Waals surface area contributed by atoms with Crippen LogP contribution in [0.4, 0.5) is 0 Å². The lowest BCUT2D eigenvalue weighted by Gasteiger charge is -2.33. The summed E-state index contributed by atoms with van der Waals surface area (Å²) in [6.45, 7) is 4.32. The molecule has 68 valence electrons. The Morgan fingerprint density at radius 2 is 2.17 bits per heavy atom.